The lowest BCUT2D eigenvalue weighted by molar-refractivity contribution is -0.123. The number of hydrogen-bond acceptors (Lipinski definition) is 5. The zero-order chi connectivity index (χ0) is 28.5. The van der Waals surface area contributed by atoms with E-state index in [1.165, 1.54) is 34.8 Å². The van der Waals surface area contributed by atoms with E-state index in [0.29, 0.717) is 6.42 Å². The standard InChI is InChI=1S/C29H35FN4O5/c1-5-9-19-14-22(30)15-21-16-23(31-27(19)21)18-34-13-8-10-20(28(34)37)17-25(35)24(32-29(38)39-4)11-6-7-12-26(36)33(2)3/h7-8,10,12-16,24,31H,5-6,9,11,17-18H2,1-4H3,(H,32,38)/b12-7+/t24-/m0/s1. The van der Waals surface area contributed by atoms with Crippen LogP contribution in [0.25, 0.3) is 10.9 Å². The van der Waals surface area contributed by atoms with Crippen molar-refractivity contribution in [1.82, 2.24) is 19.8 Å². The number of benzene rings is 1. The largest absolute Gasteiger partial charge is 0.453 e. The van der Waals surface area contributed by atoms with Crippen molar-refractivity contribution in [2.45, 2.75) is 51.6 Å². The molecule has 0 bridgehead atoms. The van der Waals surface area contributed by atoms with Gasteiger partial charge in [0.1, 0.15) is 5.82 Å². The van der Waals surface area contributed by atoms with Gasteiger partial charge >= 0.3 is 6.09 Å². The molecule has 0 unspecified atom stereocenters. The number of allylic oxidation sites excluding steroid dienone is 1. The Labute approximate surface area is 226 Å². The molecular weight excluding hydrogens is 503 g/mol. The SMILES string of the molecule is CCCc1cc(F)cc2cc(Cn3cccc(CC(=O)[C@H](CC/C=C/C(=O)N(C)C)NC(=O)OC)c3=O)[nH]c12. The summed E-state index contributed by atoms with van der Waals surface area (Å²) >= 11 is 0. The van der Waals surface area contributed by atoms with E-state index in [1.807, 2.05) is 13.0 Å². The predicted octanol–water partition coefficient (Wildman–Crippen LogP) is 3.73. The summed E-state index contributed by atoms with van der Waals surface area (Å²) in [7, 11) is 4.46. The quantitative estimate of drug-likeness (QED) is 0.341. The number of nitrogens with one attached hydrogen (secondary N) is 2. The van der Waals surface area contributed by atoms with E-state index in [0.717, 1.165) is 35.0 Å². The van der Waals surface area contributed by atoms with E-state index in [9.17, 15) is 23.6 Å². The van der Waals surface area contributed by atoms with Crippen molar-refractivity contribution in [3.63, 3.8) is 0 Å². The minimum Gasteiger partial charge on any atom is -0.453 e. The van der Waals surface area contributed by atoms with Gasteiger partial charge in [0.05, 0.1) is 19.7 Å². The molecule has 1 atom stereocenters. The monoisotopic (exact) mass is 538 g/mol. The van der Waals surface area contributed by atoms with Gasteiger partial charge in [-0.25, -0.2) is 9.18 Å². The van der Waals surface area contributed by atoms with Gasteiger partial charge in [-0.15, -0.1) is 0 Å². The number of rotatable bonds is 12. The van der Waals surface area contributed by atoms with Gasteiger partial charge in [0.2, 0.25) is 5.91 Å². The Morgan fingerprint density at radius 3 is 2.67 bits per heavy atom. The summed E-state index contributed by atoms with van der Waals surface area (Å²) in [5, 5.41) is 3.26. The van der Waals surface area contributed by atoms with Crippen LogP contribution in [0.15, 0.2) is 53.5 Å². The highest BCUT2D eigenvalue weighted by atomic mass is 19.1. The Bertz CT molecular complexity index is 1420. The predicted molar refractivity (Wildman–Crippen MR) is 147 cm³/mol. The number of H-pyrrole nitrogens is 1. The number of likely N-dealkylation sites (N-methyl/N-ethyl adjacent to an activating group) is 1. The number of nitrogens with zero attached hydrogens (tertiary/aromatic N) is 2. The summed E-state index contributed by atoms with van der Waals surface area (Å²) in [5.41, 5.74) is 2.42. The van der Waals surface area contributed by atoms with Crippen molar-refractivity contribution < 1.29 is 23.5 Å². The van der Waals surface area contributed by atoms with E-state index >= 15 is 0 Å². The van der Waals surface area contributed by atoms with Crippen molar-refractivity contribution in [1.29, 1.82) is 0 Å². The lowest BCUT2D eigenvalue weighted by Crippen LogP contribution is -2.42. The number of ether oxygens (including phenoxy) is 1. The van der Waals surface area contributed by atoms with Crippen LogP contribution in [-0.4, -0.2) is 59.5 Å². The summed E-state index contributed by atoms with van der Waals surface area (Å²) in [4.78, 5) is 54.6. The van der Waals surface area contributed by atoms with Gasteiger partial charge in [0.25, 0.3) is 5.56 Å². The van der Waals surface area contributed by atoms with Crippen molar-refractivity contribution in [3.05, 3.63) is 81.7 Å². The normalized spacial score (nSPS) is 12.0. The Kier molecular flexibility index (Phi) is 10.2. The van der Waals surface area contributed by atoms with Crippen LogP contribution in [0, 0.1) is 5.82 Å². The number of alkyl carbamates (subject to hydrolysis) is 1. The van der Waals surface area contributed by atoms with Crippen LogP contribution < -0.4 is 10.9 Å². The first-order valence-corrected chi connectivity index (χ1v) is 12.9. The van der Waals surface area contributed by atoms with Crippen molar-refractivity contribution in [3.8, 4) is 0 Å². The third-order valence-electron chi connectivity index (χ3n) is 6.34. The van der Waals surface area contributed by atoms with Gasteiger partial charge in [-0.05, 0) is 55.2 Å². The molecule has 0 saturated heterocycles. The topological polar surface area (TPSA) is 114 Å². The Morgan fingerprint density at radius 2 is 1.97 bits per heavy atom. The molecule has 3 rings (SSSR count). The number of Topliss-reactive ketones (excluding diaryl/α,β-unsaturated/α-hetero) is 1. The van der Waals surface area contributed by atoms with Gasteiger partial charge in [-0.3, -0.25) is 14.4 Å². The number of aromatic amines is 1. The molecule has 1 aromatic carbocycles. The van der Waals surface area contributed by atoms with Crippen LogP contribution in [0.1, 0.15) is 43.0 Å². The number of carbonyl (C=O) groups excluding carboxylic acids is 3. The van der Waals surface area contributed by atoms with Crippen LogP contribution in [0.4, 0.5) is 9.18 Å². The lowest BCUT2D eigenvalue weighted by atomic mass is 10.0. The molecule has 0 spiro atoms. The second-order valence-electron chi connectivity index (χ2n) is 9.58. The highest BCUT2D eigenvalue weighted by Gasteiger charge is 2.22. The molecule has 0 fully saturated rings. The van der Waals surface area contributed by atoms with Crippen LogP contribution in [0.5, 0.6) is 0 Å². The molecule has 3 aromatic rings. The average Bonchev–Trinajstić information content (AvgIpc) is 3.30. The molecule has 0 aliphatic carbocycles. The van der Waals surface area contributed by atoms with Crippen molar-refractivity contribution in [2.75, 3.05) is 21.2 Å². The van der Waals surface area contributed by atoms with Crippen molar-refractivity contribution in [2.24, 2.45) is 0 Å². The summed E-state index contributed by atoms with van der Waals surface area (Å²) in [6, 6.07) is 7.19. The third-order valence-corrected chi connectivity index (χ3v) is 6.34. The van der Waals surface area contributed by atoms with Gasteiger partial charge < -0.3 is 24.5 Å². The highest BCUT2D eigenvalue weighted by Crippen LogP contribution is 2.23. The Morgan fingerprint density at radius 1 is 1.21 bits per heavy atom. The molecule has 0 radical (unpaired) electrons. The Hall–Kier alpha value is -4.21. The molecule has 2 amide bonds. The fourth-order valence-corrected chi connectivity index (χ4v) is 4.34. The maximum absolute atomic E-state index is 14.1. The molecule has 208 valence electrons. The fourth-order valence-electron chi connectivity index (χ4n) is 4.34. The number of pyridine rings is 1. The first kappa shape index (κ1) is 29.3. The van der Waals surface area contributed by atoms with Crippen LogP contribution in [0.3, 0.4) is 0 Å². The molecule has 0 aliphatic heterocycles. The van der Waals surface area contributed by atoms with E-state index in [2.05, 4.69) is 15.0 Å². The minimum absolute atomic E-state index is 0.187. The first-order valence-electron chi connectivity index (χ1n) is 12.9. The molecule has 2 heterocycles. The van der Waals surface area contributed by atoms with Crippen LogP contribution in [0.2, 0.25) is 0 Å². The number of aryl methyl sites for hydroxylation is 1. The number of methoxy groups -OCH3 is 1. The number of hydrogen-bond donors (Lipinski definition) is 2. The molecule has 0 aliphatic rings. The van der Waals surface area contributed by atoms with Crippen LogP contribution in [-0.2, 0) is 33.7 Å². The van der Waals surface area contributed by atoms with E-state index < -0.39 is 12.1 Å². The molecule has 2 aromatic heterocycles. The fraction of sp³-hybridized carbons (Fsp3) is 0.379. The van der Waals surface area contributed by atoms with Gasteiger partial charge in [-0.1, -0.05) is 25.5 Å². The van der Waals surface area contributed by atoms with Gasteiger partial charge in [0, 0.05) is 48.9 Å². The zero-order valence-electron chi connectivity index (χ0n) is 22.8. The molecule has 39 heavy (non-hydrogen) atoms. The number of carbonyl (C=O) groups is 3. The second kappa shape index (κ2) is 13.5. The van der Waals surface area contributed by atoms with E-state index in [1.54, 1.807) is 38.5 Å². The number of ketones is 1. The lowest BCUT2D eigenvalue weighted by Gasteiger charge is -2.16. The number of halogens is 1. The smallest absolute Gasteiger partial charge is 0.407 e. The third kappa shape index (κ3) is 7.89. The molecule has 0 saturated carbocycles. The second-order valence-corrected chi connectivity index (χ2v) is 9.58. The molecular formula is C29H35FN4O5. The van der Waals surface area contributed by atoms with Crippen LogP contribution >= 0.6 is 0 Å². The maximum atomic E-state index is 14.1. The van der Waals surface area contributed by atoms with Gasteiger partial charge in [-0.2, -0.15) is 0 Å². The first-order chi connectivity index (χ1) is 18.6. The van der Waals surface area contributed by atoms with Gasteiger partial charge in [0.15, 0.2) is 5.78 Å². The van der Waals surface area contributed by atoms with Crippen molar-refractivity contribution >= 4 is 28.7 Å². The van der Waals surface area contributed by atoms with E-state index in [4.69, 9.17) is 0 Å². The average molecular weight is 539 g/mol. The molecule has 9 nitrogen and oxygen atoms in total. The molecule has 10 heteroatoms. The highest BCUT2D eigenvalue weighted by molar-refractivity contribution is 5.89. The summed E-state index contributed by atoms with van der Waals surface area (Å²) in [5.74, 6) is -0.845. The number of aromatic nitrogens is 2. The number of fused-ring (bicyclic) bond motifs is 1. The zero-order valence-corrected chi connectivity index (χ0v) is 22.8. The summed E-state index contributed by atoms with van der Waals surface area (Å²) < 4.78 is 20.2. The summed E-state index contributed by atoms with van der Waals surface area (Å²) in [6.07, 6.45) is 5.92. The maximum Gasteiger partial charge on any atom is 0.407 e. The minimum atomic E-state index is -0.898. The van der Waals surface area contributed by atoms with E-state index in [-0.39, 0.29) is 48.0 Å². The summed E-state index contributed by atoms with van der Waals surface area (Å²) in [6.45, 7) is 2.25. The molecule has 2 N–H and O–H groups in total. The number of amides is 2. The Balaban J connectivity index is 1.77.